The van der Waals surface area contributed by atoms with Gasteiger partial charge in [-0.2, -0.15) is 0 Å². The van der Waals surface area contributed by atoms with Crippen LogP contribution < -0.4 is 0 Å². The van der Waals surface area contributed by atoms with E-state index in [9.17, 15) is 13.5 Å². The van der Waals surface area contributed by atoms with Crippen LogP contribution in [0.4, 0.5) is 0 Å². The normalized spacial score (nSPS) is 20.9. The van der Waals surface area contributed by atoms with Gasteiger partial charge in [-0.1, -0.05) is 30.3 Å². The minimum Gasteiger partial charge on any atom is -0.467 e. The number of hydrogen-bond acceptors (Lipinski definition) is 5. The molecule has 2 atom stereocenters. The molecule has 3 rings (SSSR count). The lowest BCUT2D eigenvalue weighted by Crippen LogP contribution is -2.18. The summed E-state index contributed by atoms with van der Waals surface area (Å²) in [6, 6.07) is 15.6. The molecule has 0 unspecified atom stereocenters. The molecule has 2 aromatic rings. The molecule has 120 valence electrons. The van der Waals surface area contributed by atoms with Gasteiger partial charge in [0.1, 0.15) is 6.04 Å². The van der Waals surface area contributed by atoms with Crippen molar-refractivity contribution in [1.82, 2.24) is 0 Å². The molecule has 0 radical (unpaired) electrons. The number of aliphatic hydroxyl groups is 1. The van der Waals surface area contributed by atoms with Crippen molar-refractivity contribution in [3.05, 3.63) is 65.7 Å². The first-order chi connectivity index (χ1) is 11.0. The van der Waals surface area contributed by atoms with Crippen molar-refractivity contribution in [2.45, 2.75) is 17.0 Å². The topological polar surface area (TPSA) is 76.0 Å². The SMILES string of the molecule is CS(=O)(=O)c1ccc([C@H]2OC(c3ccccc3)=N[C@H]2CO)cc1. The summed E-state index contributed by atoms with van der Waals surface area (Å²) in [4.78, 5) is 4.69. The van der Waals surface area contributed by atoms with Crippen molar-refractivity contribution in [2.75, 3.05) is 12.9 Å². The molecule has 1 aliphatic heterocycles. The minimum absolute atomic E-state index is 0.144. The second kappa shape index (κ2) is 6.14. The zero-order chi connectivity index (χ0) is 16.4. The molecule has 0 spiro atoms. The fourth-order valence-electron chi connectivity index (χ4n) is 2.50. The van der Waals surface area contributed by atoms with E-state index >= 15 is 0 Å². The van der Waals surface area contributed by atoms with Gasteiger partial charge < -0.3 is 9.84 Å². The van der Waals surface area contributed by atoms with E-state index in [1.54, 1.807) is 24.3 Å². The zero-order valence-electron chi connectivity index (χ0n) is 12.6. The molecular formula is C17H17NO4S. The van der Waals surface area contributed by atoms with Gasteiger partial charge in [0, 0.05) is 11.8 Å². The first kappa shape index (κ1) is 15.7. The smallest absolute Gasteiger partial charge is 0.217 e. The van der Waals surface area contributed by atoms with E-state index in [0.717, 1.165) is 11.1 Å². The summed E-state index contributed by atoms with van der Waals surface area (Å²) < 4.78 is 29.0. The highest BCUT2D eigenvalue weighted by molar-refractivity contribution is 7.90. The standard InChI is InChI=1S/C17H17NO4S/c1-23(20,21)14-9-7-12(8-10-14)16-15(11-19)18-17(22-16)13-5-3-2-4-6-13/h2-10,15-16,19H,11H2,1H3/t15-,16+/m0/s1. The molecule has 2 aromatic carbocycles. The minimum atomic E-state index is -3.23. The number of benzene rings is 2. The maximum absolute atomic E-state index is 11.5. The molecule has 1 aliphatic rings. The molecule has 0 bridgehead atoms. The lowest BCUT2D eigenvalue weighted by atomic mass is 10.0. The number of sulfone groups is 1. The molecule has 0 saturated carbocycles. The van der Waals surface area contributed by atoms with Crippen molar-refractivity contribution in [1.29, 1.82) is 0 Å². The van der Waals surface area contributed by atoms with Gasteiger partial charge in [0.25, 0.3) is 0 Å². The van der Waals surface area contributed by atoms with Crippen LogP contribution in [0.3, 0.4) is 0 Å². The quantitative estimate of drug-likeness (QED) is 0.929. The molecular weight excluding hydrogens is 314 g/mol. The van der Waals surface area contributed by atoms with Crippen molar-refractivity contribution in [3.8, 4) is 0 Å². The Morgan fingerprint density at radius 2 is 1.74 bits per heavy atom. The van der Waals surface area contributed by atoms with E-state index in [1.807, 2.05) is 30.3 Å². The van der Waals surface area contributed by atoms with Gasteiger partial charge in [0.2, 0.25) is 5.90 Å². The Morgan fingerprint density at radius 1 is 1.09 bits per heavy atom. The highest BCUT2D eigenvalue weighted by Gasteiger charge is 2.32. The van der Waals surface area contributed by atoms with E-state index in [2.05, 4.69) is 4.99 Å². The Hall–Kier alpha value is -2.18. The third kappa shape index (κ3) is 3.28. The third-order valence-electron chi connectivity index (χ3n) is 3.72. The predicted molar refractivity (Wildman–Crippen MR) is 87.2 cm³/mol. The van der Waals surface area contributed by atoms with Gasteiger partial charge in [0.15, 0.2) is 15.9 Å². The van der Waals surface area contributed by atoms with Crippen LogP contribution in [-0.4, -0.2) is 38.3 Å². The third-order valence-corrected chi connectivity index (χ3v) is 4.84. The van der Waals surface area contributed by atoms with Crippen molar-refractivity contribution in [3.63, 3.8) is 0 Å². The van der Waals surface area contributed by atoms with Gasteiger partial charge in [-0.3, -0.25) is 0 Å². The summed E-state index contributed by atoms with van der Waals surface area (Å²) >= 11 is 0. The van der Waals surface area contributed by atoms with Gasteiger partial charge in [-0.15, -0.1) is 0 Å². The molecule has 6 heteroatoms. The Bertz CT molecular complexity index is 813. The molecule has 0 aromatic heterocycles. The maximum atomic E-state index is 11.5. The van der Waals surface area contributed by atoms with Crippen LogP contribution in [0.1, 0.15) is 17.2 Å². The van der Waals surface area contributed by atoms with Crippen LogP contribution in [0.2, 0.25) is 0 Å². The van der Waals surface area contributed by atoms with Crippen molar-refractivity contribution >= 4 is 15.7 Å². The second-order valence-corrected chi connectivity index (χ2v) is 7.45. The van der Waals surface area contributed by atoms with Gasteiger partial charge >= 0.3 is 0 Å². The van der Waals surface area contributed by atoms with Crippen LogP contribution in [-0.2, 0) is 14.6 Å². The van der Waals surface area contributed by atoms with E-state index in [-0.39, 0.29) is 11.5 Å². The molecule has 1 heterocycles. The highest BCUT2D eigenvalue weighted by atomic mass is 32.2. The average molecular weight is 331 g/mol. The molecule has 0 aliphatic carbocycles. The van der Waals surface area contributed by atoms with Crippen LogP contribution in [0.25, 0.3) is 0 Å². The van der Waals surface area contributed by atoms with Crippen LogP contribution in [0.5, 0.6) is 0 Å². The predicted octanol–water partition coefficient (Wildman–Crippen LogP) is 1.97. The van der Waals surface area contributed by atoms with Crippen molar-refractivity contribution in [2.24, 2.45) is 4.99 Å². The number of aliphatic imine (C=N–C) groups is 1. The first-order valence-electron chi connectivity index (χ1n) is 7.20. The van der Waals surface area contributed by atoms with E-state index in [1.165, 1.54) is 6.26 Å². The lowest BCUT2D eigenvalue weighted by Gasteiger charge is -2.16. The number of ether oxygens (including phenoxy) is 1. The zero-order valence-corrected chi connectivity index (χ0v) is 13.4. The largest absolute Gasteiger partial charge is 0.467 e. The summed E-state index contributed by atoms with van der Waals surface area (Å²) in [6.45, 7) is -0.144. The second-order valence-electron chi connectivity index (χ2n) is 5.43. The Kier molecular flexibility index (Phi) is 4.19. The summed E-state index contributed by atoms with van der Waals surface area (Å²) in [6.07, 6.45) is 0.741. The van der Waals surface area contributed by atoms with Gasteiger partial charge in [0.05, 0.1) is 11.5 Å². The van der Waals surface area contributed by atoms with Crippen LogP contribution >= 0.6 is 0 Å². The number of nitrogens with zero attached hydrogens (tertiary/aromatic N) is 1. The molecule has 1 N–H and O–H groups in total. The van der Waals surface area contributed by atoms with E-state index in [0.29, 0.717) is 5.90 Å². The number of rotatable bonds is 4. The monoisotopic (exact) mass is 331 g/mol. The summed E-state index contributed by atoms with van der Waals surface area (Å²) in [5.74, 6) is 0.488. The van der Waals surface area contributed by atoms with Crippen LogP contribution in [0.15, 0.2) is 64.5 Å². The van der Waals surface area contributed by atoms with E-state index < -0.39 is 22.0 Å². The number of hydrogen-bond donors (Lipinski definition) is 1. The summed E-state index contributed by atoms with van der Waals surface area (Å²) in [5, 5.41) is 9.56. The summed E-state index contributed by atoms with van der Waals surface area (Å²) in [7, 11) is -3.23. The maximum Gasteiger partial charge on any atom is 0.217 e. The summed E-state index contributed by atoms with van der Waals surface area (Å²) in [5.41, 5.74) is 1.63. The molecule has 0 amide bonds. The fourth-order valence-corrected chi connectivity index (χ4v) is 3.13. The Labute approximate surface area is 135 Å². The molecule has 0 saturated heterocycles. The fraction of sp³-hybridized carbons (Fsp3) is 0.235. The Balaban J connectivity index is 1.87. The van der Waals surface area contributed by atoms with Crippen molar-refractivity contribution < 1.29 is 18.3 Å². The average Bonchev–Trinajstić information content (AvgIpc) is 2.99. The molecule has 5 nitrogen and oxygen atoms in total. The van der Waals surface area contributed by atoms with Gasteiger partial charge in [-0.25, -0.2) is 13.4 Å². The molecule has 0 fully saturated rings. The Morgan fingerprint density at radius 3 is 2.30 bits per heavy atom. The number of aliphatic hydroxyl groups excluding tert-OH is 1. The lowest BCUT2D eigenvalue weighted by molar-refractivity contribution is 0.152. The van der Waals surface area contributed by atoms with Gasteiger partial charge in [-0.05, 0) is 29.8 Å². The van der Waals surface area contributed by atoms with E-state index in [4.69, 9.17) is 4.74 Å². The highest BCUT2D eigenvalue weighted by Crippen LogP contribution is 2.31. The first-order valence-corrected chi connectivity index (χ1v) is 9.09. The molecule has 23 heavy (non-hydrogen) atoms. The van der Waals surface area contributed by atoms with Crippen LogP contribution in [0, 0.1) is 0 Å².